The monoisotopic (exact) mass is 280 g/mol. The number of carbonyl (C=O) groups excluding carboxylic acids is 1. The highest BCUT2D eigenvalue weighted by molar-refractivity contribution is 9.10. The van der Waals surface area contributed by atoms with Crippen LogP contribution in [0.5, 0.6) is 0 Å². The number of hydrogen-bond acceptors (Lipinski definition) is 2. The maximum atomic E-state index is 11.7. The lowest BCUT2D eigenvalue weighted by Gasteiger charge is -2.04. The quantitative estimate of drug-likeness (QED) is 0.507. The summed E-state index contributed by atoms with van der Waals surface area (Å²) in [5.41, 5.74) is 6.84. The van der Waals surface area contributed by atoms with Crippen molar-refractivity contribution in [3.05, 3.63) is 28.2 Å². The Morgan fingerprint density at radius 3 is 2.94 bits per heavy atom. The molecule has 4 heteroatoms. The number of nitrogens with two attached hydrogens (primary N) is 1. The minimum absolute atomic E-state index is 0.112. The first-order valence-electron chi connectivity index (χ1n) is 4.88. The topological polar surface area (TPSA) is 55.1 Å². The van der Waals surface area contributed by atoms with E-state index < -0.39 is 0 Å². The van der Waals surface area contributed by atoms with Gasteiger partial charge in [-0.2, -0.15) is 0 Å². The van der Waals surface area contributed by atoms with Gasteiger partial charge in [-0.15, -0.1) is 11.8 Å². The van der Waals surface area contributed by atoms with Crippen molar-refractivity contribution in [2.24, 2.45) is 0 Å². The summed E-state index contributed by atoms with van der Waals surface area (Å²) in [5.74, 6) is 5.54. The highest BCUT2D eigenvalue weighted by Crippen LogP contribution is 2.20. The fraction of sp³-hybridized carbons (Fsp3) is 0.250. The van der Waals surface area contributed by atoms with E-state index in [0.717, 1.165) is 4.47 Å². The van der Waals surface area contributed by atoms with Crippen molar-refractivity contribution in [3.63, 3.8) is 0 Å². The summed E-state index contributed by atoms with van der Waals surface area (Å²) in [5, 5.41) is 2.78. The molecule has 3 nitrogen and oxygen atoms in total. The van der Waals surface area contributed by atoms with E-state index in [1.165, 1.54) is 0 Å². The molecule has 0 fully saturated rings. The van der Waals surface area contributed by atoms with Crippen LogP contribution >= 0.6 is 15.9 Å². The van der Waals surface area contributed by atoms with E-state index in [-0.39, 0.29) is 5.91 Å². The first-order chi connectivity index (χ1) is 7.65. The van der Waals surface area contributed by atoms with Crippen molar-refractivity contribution < 1.29 is 4.79 Å². The van der Waals surface area contributed by atoms with Gasteiger partial charge in [0.2, 0.25) is 0 Å². The van der Waals surface area contributed by atoms with Crippen LogP contribution in [-0.2, 0) is 0 Å². The van der Waals surface area contributed by atoms with Gasteiger partial charge in [-0.25, -0.2) is 0 Å². The van der Waals surface area contributed by atoms with E-state index >= 15 is 0 Å². The van der Waals surface area contributed by atoms with Crippen LogP contribution in [0.1, 0.15) is 23.7 Å². The van der Waals surface area contributed by atoms with Crippen LogP contribution in [0, 0.1) is 11.8 Å². The fourth-order valence-corrected chi connectivity index (χ4v) is 1.51. The molecule has 1 aromatic carbocycles. The van der Waals surface area contributed by atoms with Gasteiger partial charge < -0.3 is 11.1 Å². The van der Waals surface area contributed by atoms with Crippen molar-refractivity contribution in [1.29, 1.82) is 0 Å². The smallest absolute Gasteiger partial charge is 0.251 e. The average molecular weight is 281 g/mol. The third kappa shape index (κ3) is 3.59. The Bertz CT molecular complexity index is 446. The molecule has 16 heavy (non-hydrogen) atoms. The number of nitrogens with one attached hydrogen (secondary N) is 1. The summed E-state index contributed by atoms with van der Waals surface area (Å²) in [6.45, 7) is 2.33. The van der Waals surface area contributed by atoms with Crippen molar-refractivity contribution in [3.8, 4) is 11.8 Å². The zero-order valence-electron chi connectivity index (χ0n) is 9.01. The van der Waals surface area contributed by atoms with E-state index in [4.69, 9.17) is 5.73 Å². The molecule has 1 amide bonds. The molecule has 1 rings (SSSR count). The van der Waals surface area contributed by atoms with E-state index in [0.29, 0.717) is 24.2 Å². The summed E-state index contributed by atoms with van der Waals surface area (Å²) in [6, 6.07) is 5.10. The highest BCUT2D eigenvalue weighted by Gasteiger charge is 2.05. The van der Waals surface area contributed by atoms with Gasteiger partial charge in [-0.1, -0.05) is 0 Å². The molecule has 0 aliphatic heterocycles. The van der Waals surface area contributed by atoms with Gasteiger partial charge in [0.05, 0.1) is 0 Å². The number of rotatable bonds is 3. The lowest BCUT2D eigenvalue weighted by Crippen LogP contribution is -2.24. The van der Waals surface area contributed by atoms with Crippen molar-refractivity contribution >= 4 is 27.5 Å². The summed E-state index contributed by atoms with van der Waals surface area (Å²) in [4.78, 5) is 11.7. The molecule has 0 aromatic heterocycles. The van der Waals surface area contributed by atoms with Gasteiger partial charge >= 0.3 is 0 Å². The Morgan fingerprint density at radius 2 is 2.31 bits per heavy atom. The molecular formula is C12H13BrN2O. The van der Waals surface area contributed by atoms with E-state index in [1.807, 2.05) is 0 Å². The molecule has 0 radical (unpaired) electrons. The molecule has 0 bridgehead atoms. The van der Waals surface area contributed by atoms with Crippen molar-refractivity contribution in [2.75, 3.05) is 12.3 Å². The zero-order chi connectivity index (χ0) is 12.0. The molecule has 0 aliphatic rings. The predicted molar refractivity (Wildman–Crippen MR) is 69.0 cm³/mol. The minimum Gasteiger partial charge on any atom is -0.398 e. The zero-order valence-corrected chi connectivity index (χ0v) is 10.6. The minimum atomic E-state index is -0.112. The first-order valence-corrected chi connectivity index (χ1v) is 5.67. The van der Waals surface area contributed by atoms with Gasteiger partial charge in [0.1, 0.15) is 0 Å². The van der Waals surface area contributed by atoms with Crippen LogP contribution in [0.2, 0.25) is 0 Å². The molecule has 0 spiro atoms. The Labute approximate surface area is 104 Å². The summed E-state index contributed by atoms with van der Waals surface area (Å²) in [6.07, 6.45) is 0.665. The molecule has 0 heterocycles. The molecule has 0 unspecified atom stereocenters. The maximum Gasteiger partial charge on any atom is 0.251 e. The lowest BCUT2D eigenvalue weighted by atomic mass is 10.2. The highest BCUT2D eigenvalue weighted by atomic mass is 79.9. The maximum absolute atomic E-state index is 11.7. The number of amides is 1. The van der Waals surface area contributed by atoms with Gasteiger partial charge in [0.15, 0.2) is 0 Å². The molecule has 1 aromatic rings. The molecule has 0 saturated carbocycles. The molecule has 0 aliphatic carbocycles. The average Bonchev–Trinajstić information content (AvgIpc) is 2.28. The number of halogens is 1. The third-order valence-electron chi connectivity index (χ3n) is 1.97. The first kappa shape index (κ1) is 12.6. The Balaban J connectivity index is 2.58. The normalized spacial score (nSPS) is 9.12. The van der Waals surface area contributed by atoms with Crippen LogP contribution < -0.4 is 11.1 Å². The van der Waals surface area contributed by atoms with E-state index in [2.05, 4.69) is 33.1 Å². The fourth-order valence-electron chi connectivity index (χ4n) is 1.13. The van der Waals surface area contributed by atoms with Crippen LogP contribution in [0.15, 0.2) is 22.7 Å². The summed E-state index contributed by atoms with van der Waals surface area (Å²) < 4.78 is 0.730. The SMILES string of the molecule is CC#CCCNC(=O)c1ccc(N)c(Br)c1. The van der Waals surface area contributed by atoms with E-state index in [9.17, 15) is 4.79 Å². The van der Waals surface area contributed by atoms with Crippen LogP contribution in [0.3, 0.4) is 0 Å². The standard InChI is InChI=1S/C12H13BrN2O/c1-2-3-4-7-15-12(16)9-5-6-11(14)10(13)8-9/h5-6,8H,4,7,14H2,1H3,(H,15,16). The Hall–Kier alpha value is -1.47. The number of nitrogen functional groups attached to an aromatic ring is 1. The van der Waals surface area contributed by atoms with Gasteiger partial charge in [-0.05, 0) is 41.1 Å². The van der Waals surface area contributed by atoms with Crippen LogP contribution in [-0.4, -0.2) is 12.5 Å². The molecule has 0 atom stereocenters. The third-order valence-corrected chi connectivity index (χ3v) is 2.66. The van der Waals surface area contributed by atoms with E-state index in [1.54, 1.807) is 25.1 Å². The molecular weight excluding hydrogens is 268 g/mol. The second kappa shape index (κ2) is 6.19. The van der Waals surface area contributed by atoms with Gasteiger partial charge in [0.25, 0.3) is 5.91 Å². The lowest BCUT2D eigenvalue weighted by molar-refractivity contribution is 0.0954. The Morgan fingerprint density at radius 1 is 1.56 bits per heavy atom. The second-order valence-electron chi connectivity index (χ2n) is 3.17. The largest absolute Gasteiger partial charge is 0.398 e. The Kier molecular flexibility index (Phi) is 4.87. The summed E-state index contributed by atoms with van der Waals surface area (Å²) in [7, 11) is 0. The van der Waals surface area contributed by atoms with Crippen LogP contribution in [0.25, 0.3) is 0 Å². The molecule has 3 N–H and O–H groups in total. The number of benzene rings is 1. The predicted octanol–water partition coefficient (Wildman–Crippen LogP) is 2.17. The van der Waals surface area contributed by atoms with Gasteiger partial charge in [-0.3, -0.25) is 4.79 Å². The van der Waals surface area contributed by atoms with Gasteiger partial charge in [0, 0.05) is 28.7 Å². The van der Waals surface area contributed by atoms with Crippen LogP contribution in [0.4, 0.5) is 5.69 Å². The summed E-state index contributed by atoms with van der Waals surface area (Å²) >= 11 is 3.28. The number of anilines is 1. The number of carbonyl (C=O) groups is 1. The van der Waals surface area contributed by atoms with Crippen molar-refractivity contribution in [1.82, 2.24) is 5.32 Å². The molecule has 84 valence electrons. The molecule has 0 saturated heterocycles. The second-order valence-corrected chi connectivity index (χ2v) is 4.02. The number of hydrogen-bond donors (Lipinski definition) is 2. The van der Waals surface area contributed by atoms with Crippen molar-refractivity contribution in [2.45, 2.75) is 13.3 Å².